The lowest BCUT2D eigenvalue weighted by atomic mass is 9.90. The second-order valence-corrected chi connectivity index (χ2v) is 2.92. The first-order valence-electron chi connectivity index (χ1n) is 4.25. The van der Waals surface area contributed by atoms with Crippen LogP contribution in [0.15, 0.2) is 12.8 Å². The summed E-state index contributed by atoms with van der Waals surface area (Å²) in [6.45, 7) is 6.87. The van der Waals surface area contributed by atoms with Crippen LogP contribution in [0.5, 0.6) is 0 Å². The molecule has 0 fully saturated rings. The van der Waals surface area contributed by atoms with Gasteiger partial charge in [0, 0.05) is 11.8 Å². The summed E-state index contributed by atoms with van der Waals surface area (Å²) in [5.74, 6) is -1.46. The van der Waals surface area contributed by atoms with Crippen LogP contribution in [0.1, 0.15) is 20.3 Å². The maximum atomic E-state index is 11.3. The van der Waals surface area contributed by atoms with Gasteiger partial charge in [-0.25, -0.2) is 0 Å². The molecule has 13 heavy (non-hydrogen) atoms. The predicted molar refractivity (Wildman–Crippen MR) is 50.5 cm³/mol. The van der Waals surface area contributed by atoms with Crippen molar-refractivity contribution in [2.75, 3.05) is 0 Å². The molecule has 0 aliphatic rings. The molecule has 0 aliphatic heterocycles. The van der Waals surface area contributed by atoms with E-state index in [0.717, 1.165) is 0 Å². The molecule has 0 rings (SSSR count). The molecule has 4 nitrogen and oxygen atoms in total. The molecule has 0 saturated carbocycles. The van der Waals surface area contributed by atoms with Crippen LogP contribution >= 0.6 is 0 Å². The lowest BCUT2D eigenvalue weighted by molar-refractivity contribution is -0.132. The highest BCUT2D eigenvalue weighted by Gasteiger charge is 2.26. The van der Waals surface area contributed by atoms with Gasteiger partial charge in [0.15, 0.2) is 0 Å². The lowest BCUT2D eigenvalue weighted by Gasteiger charge is -2.17. The summed E-state index contributed by atoms with van der Waals surface area (Å²) in [6, 6.07) is 0. The smallest absolute Gasteiger partial charge is 0.227 e. The molecular weight excluding hydrogens is 168 g/mol. The monoisotopic (exact) mass is 184 g/mol. The molecule has 4 heteroatoms. The zero-order chi connectivity index (χ0) is 10.4. The van der Waals surface area contributed by atoms with Gasteiger partial charge in [0.25, 0.3) is 0 Å². The summed E-state index contributed by atoms with van der Waals surface area (Å²) < 4.78 is 0. The summed E-state index contributed by atoms with van der Waals surface area (Å²) in [4.78, 5) is 22.2. The fourth-order valence-electron chi connectivity index (χ4n) is 1.22. The van der Waals surface area contributed by atoms with Gasteiger partial charge in [0.1, 0.15) is 0 Å². The van der Waals surface area contributed by atoms with Crippen LogP contribution in [0, 0.1) is 11.8 Å². The Morgan fingerprint density at radius 3 is 2.46 bits per heavy atom. The van der Waals surface area contributed by atoms with Gasteiger partial charge in [0.05, 0.1) is 0 Å². The van der Waals surface area contributed by atoms with E-state index in [1.807, 2.05) is 6.92 Å². The molecule has 74 valence electrons. The minimum absolute atomic E-state index is 0.222. The van der Waals surface area contributed by atoms with E-state index in [1.54, 1.807) is 6.92 Å². The molecule has 2 unspecified atom stereocenters. The molecular formula is C9H16N2O2. The Bertz CT molecular complexity index is 214. The van der Waals surface area contributed by atoms with Gasteiger partial charge in [-0.2, -0.15) is 0 Å². The quantitative estimate of drug-likeness (QED) is 0.649. The molecule has 2 atom stereocenters. The van der Waals surface area contributed by atoms with Crippen LogP contribution in [0.2, 0.25) is 0 Å². The second kappa shape index (κ2) is 5.35. The molecule has 0 aromatic heterocycles. The Hall–Kier alpha value is -1.32. The van der Waals surface area contributed by atoms with Crippen LogP contribution < -0.4 is 11.1 Å². The fourth-order valence-corrected chi connectivity index (χ4v) is 1.22. The third-order valence-corrected chi connectivity index (χ3v) is 2.07. The van der Waals surface area contributed by atoms with E-state index in [2.05, 4.69) is 11.9 Å². The SMILES string of the molecule is C=CNC(=O)C(C)C(CC)C(N)=O. The Morgan fingerprint density at radius 1 is 1.62 bits per heavy atom. The first kappa shape index (κ1) is 11.7. The summed E-state index contributed by atoms with van der Waals surface area (Å²) in [7, 11) is 0. The van der Waals surface area contributed by atoms with E-state index in [0.29, 0.717) is 6.42 Å². The summed E-state index contributed by atoms with van der Waals surface area (Å²) in [5.41, 5.74) is 5.14. The third kappa shape index (κ3) is 3.27. The molecule has 0 saturated heterocycles. The lowest BCUT2D eigenvalue weighted by Crippen LogP contribution is -2.36. The average molecular weight is 184 g/mol. The molecule has 0 aromatic carbocycles. The minimum atomic E-state index is -0.436. The van der Waals surface area contributed by atoms with E-state index >= 15 is 0 Å². The van der Waals surface area contributed by atoms with Gasteiger partial charge in [-0.1, -0.05) is 20.4 Å². The number of amides is 2. The summed E-state index contributed by atoms with van der Waals surface area (Å²) in [5, 5.41) is 2.43. The fraction of sp³-hybridized carbons (Fsp3) is 0.556. The average Bonchev–Trinajstić information content (AvgIpc) is 2.05. The summed E-state index contributed by atoms with van der Waals surface area (Å²) >= 11 is 0. The van der Waals surface area contributed by atoms with E-state index in [4.69, 9.17) is 5.73 Å². The van der Waals surface area contributed by atoms with Gasteiger partial charge in [-0.3, -0.25) is 9.59 Å². The van der Waals surface area contributed by atoms with Gasteiger partial charge in [-0.15, -0.1) is 0 Å². The maximum Gasteiger partial charge on any atom is 0.227 e. The zero-order valence-corrected chi connectivity index (χ0v) is 8.04. The van der Waals surface area contributed by atoms with Gasteiger partial charge in [-0.05, 0) is 12.6 Å². The number of primary amides is 1. The first-order valence-corrected chi connectivity index (χ1v) is 4.25. The van der Waals surface area contributed by atoms with E-state index in [1.165, 1.54) is 6.20 Å². The van der Waals surface area contributed by atoms with E-state index in [-0.39, 0.29) is 5.91 Å². The number of hydrogen-bond acceptors (Lipinski definition) is 2. The van der Waals surface area contributed by atoms with Crippen molar-refractivity contribution in [1.82, 2.24) is 5.32 Å². The van der Waals surface area contributed by atoms with Crippen LogP contribution in [0.4, 0.5) is 0 Å². The normalized spacial score (nSPS) is 14.3. The van der Waals surface area contributed by atoms with Crippen molar-refractivity contribution >= 4 is 11.8 Å². The largest absolute Gasteiger partial charge is 0.369 e. The first-order chi connectivity index (χ1) is 6.04. The van der Waals surface area contributed by atoms with Gasteiger partial charge in [0.2, 0.25) is 11.8 Å². The maximum absolute atomic E-state index is 11.3. The highest BCUT2D eigenvalue weighted by molar-refractivity contribution is 5.86. The van der Waals surface area contributed by atoms with Crippen LogP contribution in [-0.2, 0) is 9.59 Å². The molecule has 2 amide bonds. The highest BCUT2D eigenvalue weighted by Crippen LogP contribution is 2.14. The van der Waals surface area contributed by atoms with Crippen molar-refractivity contribution in [3.8, 4) is 0 Å². The summed E-state index contributed by atoms with van der Waals surface area (Å²) in [6.07, 6.45) is 1.87. The van der Waals surface area contributed by atoms with Crippen LogP contribution in [0.25, 0.3) is 0 Å². The van der Waals surface area contributed by atoms with Crippen molar-refractivity contribution < 1.29 is 9.59 Å². The molecule has 0 bridgehead atoms. The second-order valence-electron chi connectivity index (χ2n) is 2.92. The Kier molecular flexibility index (Phi) is 4.80. The van der Waals surface area contributed by atoms with E-state index < -0.39 is 17.7 Å². The molecule has 0 spiro atoms. The molecule has 0 heterocycles. The molecule has 0 aromatic rings. The molecule has 0 aliphatic carbocycles. The Balaban J connectivity index is 4.35. The number of carbonyl (C=O) groups excluding carboxylic acids is 2. The van der Waals surface area contributed by atoms with Gasteiger partial charge >= 0.3 is 0 Å². The number of carbonyl (C=O) groups is 2. The van der Waals surface area contributed by atoms with Crippen molar-refractivity contribution in [3.05, 3.63) is 12.8 Å². The van der Waals surface area contributed by atoms with Crippen molar-refractivity contribution in [2.45, 2.75) is 20.3 Å². The predicted octanol–water partition coefficient (Wildman–Crippen LogP) is 0.394. The number of nitrogens with two attached hydrogens (primary N) is 1. The standard InChI is InChI=1S/C9H16N2O2/c1-4-7(8(10)12)6(3)9(13)11-5-2/h5-7H,2,4H2,1,3H3,(H2,10,12)(H,11,13). The Labute approximate surface area is 78.2 Å². The van der Waals surface area contributed by atoms with Crippen LogP contribution in [-0.4, -0.2) is 11.8 Å². The third-order valence-electron chi connectivity index (χ3n) is 2.07. The molecule has 0 radical (unpaired) electrons. The van der Waals surface area contributed by atoms with Crippen molar-refractivity contribution in [2.24, 2.45) is 17.6 Å². The zero-order valence-electron chi connectivity index (χ0n) is 8.04. The number of nitrogens with one attached hydrogen (secondary N) is 1. The Morgan fingerprint density at radius 2 is 2.15 bits per heavy atom. The topological polar surface area (TPSA) is 72.2 Å². The van der Waals surface area contributed by atoms with E-state index in [9.17, 15) is 9.59 Å². The van der Waals surface area contributed by atoms with Crippen LogP contribution in [0.3, 0.4) is 0 Å². The minimum Gasteiger partial charge on any atom is -0.369 e. The molecule has 3 N–H and O–H groups in total. The number of rotatable bonds is 5. The highest BCUT2D eigenvalue weighted by atomic mass is 16.2. The van der Waals surface area contributed by atoms with Gasteiger partial charge < -0.3 is 11.1 Å². The van der Waals surface area contributed by atoms with Crippen molar-refractivity contribution in [3.63, 3.8) is 0 Å². The van der Waals surface area contributed by atoms with Crippen molar-refractivity contribution in [1.29, 1.82) is 0 Å². The number of hydrogen-bond donors (Lipinski definition) is 2.